The lowest BCUT2D eigenvalue weighted by Gasteiger charge is -2.07. The highest BCUT2D eigenvalue weighted by Gasteiger charge is 2.09. The fourth-order valence-corrected chi connectivity index (χ4v) is 3.04. The minimum Gasteiger partial charge on any atom is -0.385 e. The molecule has 0 saturated carbocycles. The first-order valence-electron chi connectivity index (χ1n) is 9.39. The third-order valence-corrected chi connectivity index (χ3v) is 4.57. The zero-order chi connectivity index (χ0) is 19.8. The Morgan fingerprint density at radius 2 is 1.57 bits per heavy atom. The van der Waals surface area contributed by atoms with Gasteiger partial charge in [0, 0.05) is 55.0 Å². The van der Waals surface area contributed by atoms with Gasteiger partial charge in [-0.15, -0.1) is 0 Å². The molecule has 3 rings (SSSR count). The van der Waals surface area contributed by atoms with E-state index >= 15 is 0 Å². The van der Waals surface area contributed by atoms with Crippen molar-refractivity contribution in [3.8, 4) is 0 Å². The molecule has 2 amide bonds. The van der Waals surface area contributed by atoms with E-state index in [1.807, 2.05) is 24.4 Å². The Labute approximate surface area is 164 Å². The van der Waals surface area contributed by atoms with E-state index in [-0.39, 0.29) is 11.8 Å². The van der Waals surface area contributed by atoms with Crippen molar-refractivity contribution < 1.29 is 14.3 Å². The molecule has 0 atom stereocenters. The van der Waals surface area contributed by atoms with Gasteiger partial charge in [0.25, 0.3) is 11.8 Å². The summed E-state index contributed by atoms with van der Waals surface area (Å²) in [4.78, 5) is 27.6. The van der Waals surface area contributed by atoms with Crippen molar-refractivity contribution in [3.05, 3.63) is 71.4 Å². The topological polar surface area (TPSA) is 83.2 Å². The van der Waals surface area contributed by atoms with Gasteiger partial charge in [0.05, 0.1) is 0 Å². The van der Waals surface area contributed by atoms with E-state index in [2.05, 4.69) is 21.7 Å². The number of ether oxygens (including phenoxy) is 1. The summed E-state index contributed by atoms with van der Waals surface area (Å²) in [6, 6.07) is 14.8. The van der Waals surface area contributed by atoms with E-state index in [0.29, 0.717) is 30.8 Å². The van der Waals surface area contributed by atoms with Gasteiger partial charge in [-0.05, 0) is 48.7 Å². The second-order valence-corrected chi connectivity index (χ2v) is 6.55. The Balaban J connectivity index is 1.48. The van der Waals surface area contributed by atoms with Crippen molar-refractivity contribution in [2.24, 2.45) is 0 Å². The number of amides is 2. The van der Waals surface area contributed by atoms with Crippen molar-refractivity contribution in [2.45, 2.75) is 12.8 Å². The maximum Gasteiger partial charge on any atom is 0.251 e. The monoisotopic (exact) mass is 379 g/mol. The smallest absolute Gasteiger partial charge is 0.251 e. The molecule has 1 aromatic heterocycles. The van der Waals surface area contributed by atoms with Crippen LogP contribution in [0.5, 0.6) is 0 Å². The number of rotatable bonds is 9. The van der Waals surface area contributed by atoms with E-state index in [1.165, 1.54) is 10.9 Å². The van der Waals surface area contributed by atoms with Crippen LogP contribution in [0.25, 0.3) is 10.9 Å². The minimum atomic E-state index is -0.151. The predicted octanol–water partition coefficient (Wildman–Crippen LogP) is 2.91. The van der Waals surface area contributed by atoms with Crippen LogP contribution in [0.1, 0.15) is 32.7 Å². The predicted molar refractivity (Wildman–Crippen MR) is 110 cm³/mol. The molecule has 6 heteroatoms. The molecule has 0 aliphatic heterocycles. The molecule has 1 heterocycles. The lowest BCUT2D eigenvalue weighted by atomic mass is 10.1. The highest BCUT2D eigenvalue weighted by atomic mass is 16.5. The Morgan fingerprint density at radius 3 is 2.25 bits per heavy atom. The summed E-state index contributed by atoms with van der Waals surface area (Å²) in [5, 5.41) is 6.93. The van der Waals surface area contributed by atoms with Gasteiger partial charge >= 0.3 is 0 Å². The number of nitrogens with one attached hydrogen (secondary N) is 3. The van der Waals surface area contributed by atoms with Crippen LogP contribution >= 0.6 is 0 Å². The second-order valence-electron chi connectivity index (χ2n) is 6.55. The number of para-hydroxylation sites is 1. The van der Waals surface area contributed by atoms with E-state index in [9.17, 15) is 9.59 Å². The third-order valence-electron chi connectivity index (χ3n) is 4.57. The summed E-state index contributed by atoms with van der Waals surface area (Å²) in [7, 11) is 1.63. The number of carbonyl (C=O) groups excluding carboxylic acids is 2. The van der Waals surface area contributed by atoms with Crippen LogP contribution < -0.4 is 10.6 Å². The zero-order valence-corrected chi connectivity index (χ0v) is 16.0. The first-order valence-corrected chi connectivity index (χ1v) is 9.39. The largest absolute Gasteiger partial charge is 0.385 e. The first kappa shape index (κ1) is 19.6. The highest BCUT2D eigenvalue weighted by Crippen LogP contribution is 2.17. The molecule has 0 fully saturated rings. The van der Waals surface area contributed by atoms with E-state index in [1.54, 1.807) is 31.4 Å². The number of aromatic amines is 1. The van der Waals surface area contributed by atoms with E-state index in [4.69, 9.17) is 4.74 Å². The van der Waals surface area contributed by atoms with Gasteiger partial charge in [-0.25, -0.2) is 0 Å². The Hall–Kier alpha value is -3.12. The van der Waals surface area contributed by atoms with Crippen molar-refractivity contribution >= 4 is 22.7 Å². The van der Waals surface area contributed by atoms with Crippen LogP contribution in [0.15, 0.2) is 54.7 Å². The first-order chi connectivity index (χ1) is 13.7. The van der Waals surface area contributed by atoms with Gasteiger partial charge in [0.1, 0.15) is 0 Å². The summed E-state index contributed by atoms with van der Waals surface area (Å²) in [5.74, 6) is -0.297. The molecule has 0 spiro atoms. The number of carbonyl (C=O) groups is 2. The summed E-state index contributed by atoms with van der Waals surface area (Å²) in [6.45, 7) is 1.71. The third kappa shape index (κ3) is 4.98. The summed E-state index contributed by atoms with van der Waals surface area (Å²) >= 11 is 0. The van der Waals surface area contributed by atoms with Crippen LogP contribution in [0.2, 0.25) is 0 Å². The van der Waals surface area contributed by atoms with Gasteiger partial charge in [-0.3, -0.25) is 9.59 Å². The summed E-state index contributed by atoms with van der Waals surface area (Å²) < 4.78 is 4.95. The number of methoxy groups -OCH3 is 1. The van der Waals surface area contributed by atoms with Crippen LogP contribution in [0, 0.1) is 0 Å². The van der Waals surface area contributed by atoms with Gasteiger partial charge < -0.3 is 20.4 Å². The van der Waals surface area contributed by atoms with Crippen LogP contribution in [-0.4, -0.2) is 43.6 Å². The quantitative estimate of drug-likeness (QED) is 0.500. The average molecular weight is 379 g/mol. The molecule has 0 saturated heterocycles. The Morgan fingerprint density at radius 1 is 0.929 bits per heavy atom. The molecular formula is C22H25N3O3. The fourth-order valence-electron chi connectivity index (χ4n) is 3.04. The van der Waals surface area contributed by atoms with Crippen LogP contribution in [0.4, 0.5) is 0 Å². The molecule has 0 aliphatic rings. The molecule has 0 unspecified atom stereocenters. The fraction of sp³-hybridized carbons (Fsp3) is 0.273. The van der Waals surface area contributed by atoms with Crippen LogP contribution in [-0.2, 0) is 11.2 Å². The molecule has 0 bridgehead atoms. The van der Waals surface area contributed by atoms with Crippen molar-refractivity contribution in [2.75, 3.05) is 26.8 Å². The molecule has 6 nitrogen and oxygen atoms in total. The summed E-state index contributed by atoms with van der Waals surface area (Å²) in [5.41, 5.74) is 3.35. The number of aromatic nitrogens is 1. The van der Waals surface area contributed by atoms with Gasteiger partial charge in [-0.2, -0.15) is 0 Å². The second kappa shape index (κ2) is 9.71. The van der Waals surface area contributed by atoms with E-state index < -0.39 is 0 Å². The SMILES string of the molecule is COCCCNC(=O)c1ccc(C(=O)NCCc2c[nH]c3ccccc23)cc1. The van der Waals surface area contributed by atoms with Crippen molar-refractivity contribution in [3.63, 3.8) is 0 Å². The number of H-pyrrole nitrogens is 1. The minimum absolute atomic E-state index is 0.146. The normalized spacial score (nSPS) is 10.8. The Kier molecular flexibility index (Phi) is 6.81. The van der Waals surface area contributed by atoms with Crippen molar-refractivity contribution in [1.82, 2.24) is 15.6 Å². The Bertz CT molecular complexity index is 932. The molecule has 28 heavy (non-hydrogen) atoms. The number of hydrogen-bond donors (Lipinski definition) is 3. The highest BCUT2D eigenvalue weighted by molar-refractivity contribution is 5.97. The van der Waals surface area contributed by atoms with Crippen molar-refractivity contribution in [1.29, 1.82) is 0 Å². The number of hydrogen-bond acceptors (Lipinski definition) is 3. The maximum atomic E-state index is 12.3. The molecule has 146 valence electrons. The molecule has 3 N–H and O–H groups in total. The molecule has 3 aromatic rings. The lowest BCUT2D eigenvalue weighted by Crippen LogP contribution is -2.26. The molecule has 0 radical (unpaired) electrons. The number of fused-ring (bicyclic) bond motifs is 1. The van der Waals surface area contributed by atoms with Gasteiger partial charge in [-0.1, -0.05) is 18.2 Å². The zero-order valence-electron chi connectivity index (χ0n) is 16.0. The molecule has 2 aromatic carbocycles. The lowest BCUT2D eigenvalue weighted by molar-refractivity contribution is 0.0939. The number of benzene rings is 2. The standard InChI is InChI=1S/C22H25N3O3/c1-28-14-4-12-23-21(26)16-7-9-17(10-8-16)22(27)24-13-11-18-15-25-20-6-3-2-5-19(18)20/h2-3,5-10,15,25H,4,11-14H2,1H3,(H,23,26)(H,24,27). The average Bonchev–Trinajstić information content (AvgIpc) is 3.14. The van der Waals surface area contributed by atoms with Gasteiger partial charge in [0.2, 0.25) is 0 Å². The van der Waals surface area contributed by atoms with Crippen LogP contribution in [0.3, 0.4) is 0 Å². The van der Waals surface area contributed by atoms with Gasteiger partial charge in [0.15, 0.2) is 0 Å². The molecule has 0 aliphatic carbocycles. The summed E-state index contributed by atoms with van der Waals surface area (Å²) in [6.07, 6.45) is 3.49. The van der Waals surface area contributed by atoms with E-state index in [0.717, 1.165) is 18.4 Å². The maximum absolute atomic E-state index is 12.3. The molecular weight excluding hydrogens is 354 g/mol.